The van der Waals surface area contributed by atoms with Gasteiger partial charge >= 0.3 is 0 Å². The lowest BCUT2D eigenvalue weighted by Gasteiger charge is -2.42. The maximum absolute atomic E-state index is 13.9. The normalized spacial score (nSPS) is 18.2. The van der Waals surface area contributed by atoms with Crippen molar-refractivity contribution in [3.8, 4) is 0 Å². The molecule has 4 heteroatoms. The summed E-state index contributed by atoms with van der Waals surface area (Å²) in [6, 6.07) is 5.49. The molecule has 2 rings (SSSR count). The molecule has 0 unspecified atom stereocenters. The summed E-state index contributed by atoms with van der Waals surface area (Å²) >= 11 is 3.39. The highest BCUT2D eigenvalue weighted by Crippen LogP contribution is 2.35. The van der Waals surface area contributed by atoms with Gasteiger partial charge < -0.3 is 10.1 Å². The Morgan fingerprint density at radius 3 is 2.71 bits per heavy atom. The van der Waals surface area contributed by atoms with Gasteiger partial charge in [-0.2, -0.15) is 0 Å². The topological polar surface area (TPSA) is 21.3 Å². The van der Waals surface area contributed by atoms with Gasteiger partial charge in [0.2, 0.25) is 0 Å². The van der Waals surface area contributed by atoms with Gasteiger partial charge in [0.1, 0.15) is 5.82 Å². The van der Waals surface area contributed by atoms with Crippen molar-refractivity contribution < 1.29 is 9.13 Å². The van der Waals surface area contributed by atoms with Gasteiger partial charge in [-0.05, 0) is 18.2 Å². The number of benzene rings is 1. The van der Waals surface area contributed by atoms with Gasteiger partial charge in [-0.25, -0.2) is 4.39 Å². The van der Waals surface area contributed by atoms with Crippen LogP contribution >= 0.6 is 15.9 Å². The lowest BCUT2D eigenvalue weighted by atomic mass is 9.78. The minimum absolute atomic E-state index is 0.151. The van der Waals surface area contributed by atoms with E-state index in [0.717, 1.165) is 16.6 Å². The fraction of sp³-hybridized carbons (Fsp3) is 0.538. The van der Waals surface area contributed by atoms with E-state index in [-0.39, 0.29) is 11.2 Å². The van der Waals surface area contributed by atoms with Crippen LogP contribution in [-0.4, -0.2) is 25.8 Å². The summed E-state index contributed by atoms with van der Waals surface area (Å²) < 4.78 is 20.1. The molecule has 1 heterocycles. The van der Waals surface area contributed by atoms with Crippen LogP contribution < -0.4 is 5.32 Å². The van der Waals surface area contributed by atoms with Gasteiger partial charge in [0.05, 0.1) is 18.6 Å². The van der Waals surface area contributed by atoms with Crippen LogP contribution in [0.4, 0.5) is 4.39 Å². The molecule has 1 aromatic carbocycles. The van der Waals surface area contributed by atoms with Crippen molar-refractivity contribution in [3.05, 3.63) is 34.1 Å². The van der Waals surface area contributed by atoms with E-state index in [1.54, 1.807) is 6.07 Å². The van der Waals surface area contributed by atoms with Gasteiger partial charge in [0.25, 0.3) is 0 Å². The summed E-state index contributed by atoms with van der Waals surface area (Å²) in [6.45, 7) is 6.09. The van der Waals surface area contributed by atoms with Crippen LogP contribution in [0.2, 0.25) is 0 Å². The number of hydrogen-bond acceptors (Lipinski definition) is 2. The van der Waals surface area contributed by atoms with Gasteiger partial charge in [0.15, 0.2) is 0 Å². The first kappa shape index (κ1) is 13.0. The first-order valence-corrected chi connectivity index (χ1v) is 6.59. The molecule has 0 radical (unpaired) electrons. The van der Waals surface area contributed by atoms with Crippen molar-refractivity contribution in [3.63, 3.8) is 0 Å². The molecular formula is C13H17BrFNO. The van der Waals surface area contributed by atoms with E-state index in [1.807, 2.05) is 6.07 Å². The molecular weight excluding hydrogens is 285 g/mol. The maximum Gasteiger partial charge on any atom is 0.127 e. The fourth-order valence-corrected chi connectivity index (χ4v) is 2.37. The van der Waals surface area contributed by atoms with Crippen LogP contribution in [0.15, 0.2) is 22.7 Å². The molecule has 0 atom stereocenters. The summed E-state index contributed by atoms with van der Waals surface area (Å²) in [4.78, 5) is 0. The summed E-state index contributed by atoms with van der Waals surface area (Å²) in [5.41, 5.74) is 0.532. The Morgan fingerprint density at radius 2 is 2.18 bits per heavy atom. The predicted octanol–water partition coefficient (Wildman–Crippen LogP) is 2.85. The molecule has 0 bridgehead atoms. The van der Waals surface area contributed by atoms with Crippen LogP contribution in [0.5, 0.6) is 0 Å². The number of rotatable bonds is 4. The summed E-state index contributed by atoms with van der Waals surface area (Å²) in [5, 5.41) is 3.37. The molecule has 94 valence electrons. The molecule has 0 amide bonds. The second kappa shape index (κ2) is 5.04. The lowest BCUT2D eigenvalue weighted by Crippen LogP contribution is -2.54. The largest absolute Gasteiger partial charge is 0.379 e. The van der Waals surface area contributed by atoms with E-state index in [2.05, 4.69) is 35.1 Å². The minimum atomic E-state index is -0.210. The maximum atomic E-state index is 13.9. The van der Waals surface area contributed by atoms with Gasteiger partial charge in [-0.1, -0.05) is 29.8 Å². The first-order chi connectivity index (χ1) is 8.03. The Morgan fingerprint density at radius 1 is 1.47 bits per heavy atom. The monoisotopic (exact) mass is 301 g/mol. The number of ether oxygens (including phenoxy) is 1. The zero-order valence-corrected chi connectivity index (χ0v) is 11.7. The molecule has 1 N–H and O–H groups in total. The average Bonchev–Trinajstić information content (AvgIpc) is 2.21. The van der Waals surface area contributed by atoms with Gasteiger partial charge in [0, 0.05) is 22.6 Å². The average molecular weight is 302 g/mol. The third-order valence-corrected chi connectivity index (χ3v) is 3.60. The highest BCUT2D eigenvalue weighted by molar-refractivity contribution is 9.10. The van der Waals surface area contributed by atoms with Crippen molar-refractivity contribution in [2.75, 3.05) is 19.8 Å². The highest BCUT2D eigenvalue weighted by atomic mass is 79.9. The SMILES string of the molecule is CC(C)NCC1(c2cc(Br)ccc2F)COC1. The third-order valence-electron chi connectivity index (χ3n) is 3.11. The van der Waals surface area contributed by atoms with E-state index in [4.69, 9.17) is 4.74 Å². The van der Waals surface area contributed by atoms with Crippen molar-refractivity contribution in [1.82, 2.24) is 5.32 Å². The van der Waals surface area contributed by atoms with Crippen LogP contribution in [-0.2, 0) is 10.2 Å². The molecule has 2 nitrogen and oxygen atoms in total. The Balaban J connectivity index is 2.24. The smallest absolute Gasteiger partial charge is 0.127 e. The van der Waals surface area contributed by atoms with Gasteiger partial charge in [-0.15, -0.1) is 0 Å². The quantitative estimate of drug-likeness (QED) is 0.923. The molecule has 0 saturated carbocycles. The van der Waals surface area contributed by atoms with Crippen molar-refractivity contribution >= 4 is 15.9 Å². The Bertz CT molecular complexity index is 404. The van der Waals surface area contributed by atoms with Crippen molar-refractivity contribution in [1.29, 1.82) is 0 Å². The Hall–Kier alpha value is -0.450. The predicted molar refractivity (Wildman–Crippen MR) is 69.7 cm³/mol. The lowest BCUT2D eigenvalue weighted by molar-refractivity contribution is -0.0613. The summed E-state index contributed by atoms with van der Waals surface area (Å²) in [6.07, 6.45) is 0. The minimum Gasteiger partial charge on any atom is -0.379 e. The molecule has 17 heavy (non-hydrogen) atoms. The zero-order chi connectivity index (χ0) is 12.5. The molecule has 1 saturated heterocycles. The molecule has 0 aliphatic carbocycles. The third kappa shape index (κ3) is 2.69. The standard InChI is InChI=1S/C13H17BrFNO/c1-9(2)16-6-13(7-17-8-13)11-5-10(14)3-4-12(11)15/h3-5,9,16H,6-8H2,1-2H3. The number of nitrogens with one attached hydrogen (secondary N) is 1. The number of halogens is 2. The van der Waals surface area contributed by atoms with E-state index in [1.165, 1.54) is 6.07 Å². The van der Waals surface area contributed by atoms with E-state index in [0.29, 0.717) is 19.3 Å². The van der Waals surface area contributed by atoms with Crippen LogP contribution in [0, 0.1) is 5.82 Å². The summed E-state index contributed by atoms with van der Waals surface area (Å²) in [5.74, 6) is -0.151. The molecule has 1 fully saturated rings. The van der Waals surface area contributed by atoms with Crippen LogP contribution in [0.3, 0.4) is 0 Å². The Kier molecular flexibility index (Phi) is 3.85. The first-order valence-electron chi connectivity index (χ1n) is 5.80. The fourth-order valence-electron chi connectivity index (χ4n) is 2.00. The molecule has 1 aromatic rings. The zero-order valence-electron chi connectivity index (χ0n) is 10.1. The molecule has 1 aliphatic heterocycles. The Labute approximate surface area is 110 Å². The second-order valence-corrected chi connectivity index (χ2v) is 5.85. The molecule has 0 aromatic heterocycles. The molecule has 0 spiro atoms. The van der Waals surface area contributed by atoms with Crippen LogP contribution in [0.1, 0.15) is 19.4 Å². The van der Waals surface area contributed by atoms with Gasteiger partial charge in [-0.3, -0.25) is 0 Å². The number of hydrogen-bond donors (Lipinski definition) is 1. The van der Waals surface area contributed by atoms with E-state index in [9.17, 15) is 4.39 Å². The summed E-state index contributed by atoms with van der Waals surface area (Å²) in [7, 11) is 0. The van der Waals surface area contributed by atoms with Crippen molar-refractivity contribution in [2.24, 2.45) is 0 Å². The second-order valence-electron chi connectivity index (χ2n) is 4.93. The van der Waals surface area contributed by atoms with Crippen molar-refractivity contribution in [2.45, 2.75) is 25.3 Å². The molecule has 1 aliphatic rings. The van der Waals surface area contributed by atoms with Crippen LogP contribution in [0.25, 0.3) is 0 Å². The van der Waals surface area contributed by atoms with E-state index < -0.39 is 0 Å². The highest BCUT2D eigenvalue weighted by Gasteiger charge is 2.42. The van der Waals surface area contributed by atoms with E-state index >= 15 is 0 Å².